The van der Waals surface area contributed by atoms with Gasteiger partial charge in [-0.05, 0) is 92.1 Å². The number of benzene rings is 1. The first-order valence-corrected chi connectivity index (χ1v) is 17.1. The zero-order chi connectivity index (χ0) is 34.2. The summed E-state index contributed by atoms with van der Waals surface area (Å²) in [5.41, 5.74) is -7.05. The van der Waals surface area contributed by atoms with Crippen molar-refractivity contribution in [2.24, 2.45) is 45.8 Å². The molecule has 9 nitrogen and oxygen atoms in total. The van der Waals surface area contributed by atoms with E-state index in [1.165, 1.54) is 32.3 Å². The van der Waals surface area contributed by atoms with Crippen molar-refractivity contribution >= 4 is 29.1 Å². The minimum atomic E-state index is -2.91. The number of Topliss-reactive ketones (excluding diaryl/α,β-unsaturated/α-hetero) is 3. The smallest absolute Gasteiger partial charge is 0.306 e. The molecule has 0 spiro atoms. The lowest BCUT2D eigenvalue weighted by atomic mass is 9.40. The molecule has 0 aromatic heterocycles. The molecule has 7 aliphatic rings. The van der Waals surface area contributed by atoms with Gasteiger partial charge in [0.2, 0.25) is 5.78 Å². The van der Waals surface area contributed by atoms with Crippen molar-refractivity contribution in [2.45, 2.75) is 104 Å². The fourth-order valence-corrected chi connectivity index (χ4v) is 12.1. The van der Waals surface area contributed by atoms with E-state index in [4.69, 9.17) is 4.74 Å². The fraction of sp³-hybridized carbons (Fsp3) is 0.632. The minimum absolute atomic E-state index is 0.00854. The molecule has 4 bridgehead atoms. The highest BCUT2D eigenvalue weighted by molar-refractivity contribution is 6.24. The molecule has 7 aliphatic carbocycles. The average Bonchev–Trinajstić information content (AvgIpc) is 2.95. The van der Waals surface area contributed by atoms with Gasteiger partial charge in [0.05, 0.1) is 23.0 Å². The topological polar surface area (TPSA) is 158 Å². The third-order valence-electron chi connectivity index (χ3n) is 13.6. The lowest BCUT2D eigenvalue weighted by Gasteiger charge is -2.64. The zero-order valence-corrected chi connectivity index (χ0v) is 28.1. The van der Waals surface area contributed by atoms with E-state index in [-0.39, 0.29) is 28.7 Å². The van der Waals surface area contributed by atoms with E-state index in [0.29, 0.717) is 23.3 Å². The third-order valence-corrected chi connectivity index (χ3v) is 13.6. The predicted octanol–water partition coefficient (Wildman–Crippen LogP) is 5.88. The summed E-state index contributed by atoms with van der Waals surface area (Å²) in [5, 5.41) is 47.2. The van der Waals surface area contributed by atoms with Crippen LogP contribution in [-0.2, 0) is 23.9 Å². The summed E-state index contributed by atoms with van der Waals surface area (Å²) in [6.45, 7) is 9.53. The quantitative estimate of drug-likeness (QED) is 0.226. The highest BCUT2D eigenvalue weighted by atomic mass is 16.5. The Morgan fingerprint density at radius 2 is 1.55 bits per heavy atom. The van der Waals surface area contributed by atoms with Crippen molar-refractivity contribution in [2.75, 3.05) is 0 Å². The summed E-state index contributed by atoms with van der Waals surface area (Å²) in [6.07, 6.45) is 5.18. The number of rotatable bonds is 5. The molecule has 0 aliphatic heterocycles. The van der Waals surface area contributed by atoms with Crippen LogP contribution < -0.4 is 0 Å². The second kappa shape index (κ2) is 10.0. The van der Waals surface area contributed by atoms with E-state index in [0.717, 1.165) is 26.2 Å². The number of aromatic hydroxyl groups is 1. The molecule has 47 heavy (non-hydrogen) atoms. The van der Waals surface area contributed by atoms with Crippen LogP contribution in [-0.4, -0.2) is 55.5 Å². The van der Waals surface area contributed by atoms with Crippen molar-refractivity contribution in [1.82, 2.24) is 0 Å². The number of esters is 1. The van der Waals surface area contributed by atoms with Gasteiger partial charge in [0.15, 0.2) is 17.2 Å². The number of hydrogen-bond donors (Lipinski definition) is 4. The summed E-state index contributed by atoms with van der Waals surface area (Å²) >= 11 is 0. The second-order valence-electron chi connectivity index (χ2n) is 16.6. The van der Waals surface area contributed by atoms with Gasteiger partial charge < -0.3 is 25.2 Å². The Balaban J connectivity index is 1.45. The van der Waals surface area contributed by atoms with E-state index >= 15 is 0 Å². The molecule has 5 fully saturated rings. The molecule has 1 aromatic rings. The van der Waals surface area contributed by atoms with Gasteiger partial charge in [-0.1, -0.05) is 46.8 Å². The maximum Gasteiger partial charge on any atom is 0.306 e. The summed E-state index contributed by atoms with van der Waals surface area (Å²) in [4.78, 5) is 56.3. The molecule has 8 rings (SSSR count). The molecule has 0 radical (unpaired) electrons. The molecule has 6 atom stereocenters. The van der Waals surface area contributed by atoms with Gasteiger partial charge >= 0.3 is 5.97 Å². The second-order valence-corrected chi connectivity index (χ2v) is 16.6. The van der Waals surface area contributed by atoms with Crippen LogP contribution in [0.5, 0.6) is 5.75 Å². The number of carbonyl (C=O) groups is 4. The van der Waals surface area contributed by atoms with E-state index < -0.39 is 80.7 Å². The number of fused-ring (bicyclic) bond motifs is 3. The Hall–Kier alpha value is -3.46. The van der Waals surface area contributed by atoms with Gasteiger partial charge in [0, 0.05) is 11.3 Å². The molecule has 0 heterocycles. The molecule has 1 unspecified atom stereocenters. The van der Waals surface area contributed by atoms with E-state index in [2.05, 4.69) is 0 Å². The number of phenols is 1. The van der Waals surface area contributed by atoms with Gasteiger partial charge in [-0.25, -0.2) is 0 Å². The van der Waals surface area contributed by atoms with Crippen molar-refractivity contribution in [3.05, 3.63) is 46.2 Å². The van der Waals surface area contributed by atoms with Gasteiger partial charge in [-0.3, -0.25) is 19.2 Å². The fourth-order valence-electron chi connectivity index (χ4n) is 12.1. The van der Waals surface area contributed by atoms with Crippen molar-refractivity contribution in [1.29, 1.82) is 0 Å². The standard InChI is InChI=1S/C38H46O9/c1-17(2)28-30(42)26(19(4)39)32(44)38(46)33(45)29-31(43)27-23(8-7-9-24(27)40)18(3)35(29,5)34(36(28,38)6)47-25(41)16-37-13-20-10-21(14-37)12-22(11-20)15-37/h7-9,17-18,20-22,28,34,40,43-44,46H,10-16H2,1-6H3/t18-,20?,21?,22?,28?,34-,35+,36+,37?,38+/m1/s1. The summed E-state index contributed by atoms with van der Waals surface area (Å²) < 4.78 is 6.60. The number of ether oxygens (including phenoxy) is 1. The zero-order valence-electron chi connectivity index (χ0n) is 28.1. The maximum absolute atomic E-state index is 14.9. The van der Waals surface area contributed by atoms with E-state index in [9.17, 15) is 39.6 Å². The van der Waals surface area contributed by atoms with Crippen molar-refractivity contribution in [3.63, 3.8) is 0 Å². The van der Waals surface area contributed by atoms with Crippen LogP contribution in [0, 0.1) is 45.8 Å². The first-order chi connectivity index (χ1) is 21.9. The first kappa shape index (κ1) is 32.1. The van der Waals surface area contributed by atoms with Gasteiger partial charge in [-0.2, -0.15) is 0 Å². The Morgan fingerprint density at radius 3 is 2.09 bits per heavy atom. The lowest BCUT2D eigenvalue weighted by Crippen LogP contribution is -2.76. The number of ketones is 3. The number of aliphatic hydroxyl groups excluding tert-OH is 2. The molecule has 252 valence electrons. The van der Waals surface area contributed by atoms with Crippen LogP contribution in [0.3, 0.4) is 0 Å². The van der Waals surface area contributed by atoms with Crippen molar-refractivity contribution in [3.8, 4) is 5.75 Å². The number of carbonyl (C=O) groups excluding carboxylic acids is 4. The maximum atomic E-state index is 14.9. The number of allylic oxidation sites excluding steroid dienone is 1. The molecular weight excluding hydrogens is 600 g/mol. The van der Waals surface area contributed by atoms with Crippen LogP contribution in [0.1, 0.15) is 104 Å². The molecule has 9 heteroatoms. The van der Waals surface area contributed by atoms with Crippen LogP contribution in [0.25, 0.3) is 5.76 Å². The Morgan fingerprint density at radius 1 is 0.979 bits per heavy atom. The van der Waals surface area contributed by atoms with Crippen LogP contribution in [0.4, 0.5) is 0 Å². The van der Waals surface area contributed by atoms with Gasteiger partial charge in [-0.15, -0.1) is 0 Å². The monoisotopic (exact) mass is 646 g/mol. The molecule has 1 aromatic carbocycles. The SMILES string of the molecule is CC(=O)C1=C(O)[C@]2(O)C(=O)C3=C(O)c4c(O)cccc4[C@@H](C)[C@]3(C)[C@@H](OC(=O)CC34CC5CC(CC(C5)C3)C4)[C@]2(C)C(C(C)C)C1=O. The Bertz CT molecular complexity index is 1660. The molecule has 0 amide bonds. The third kappa shape index (κ3) is 3.92. The highest BCUT2D eigenvalue weighted by Gasteiger charge is 2.78. The average molecular weight is 647 g/mol. The van der Waals surface area contributed by atoms with Crippen LogP contribution >= 0.6 is 0 Å². The normalized spacial score (nSPS) is 42.0. The Labute approximate surface area is 275 Å². The predicted molar refractivity (Wildman–Crippen MR) is 171 cm³/mol. The van der Waals surface area contributed by atoms with Gasteiger partial charge in [0.25, 0.3) is 0 Å². The first-order valence-electron chi connectivity index (χ1n) is 17.1. The van der Waals surface area contributed by atoms with E-state index in [1.807, 2.05) is 0 Å². The van der Waals surface area contributed by atoms with Crippen molar-refractivity contribution < 1.29 is 44.3 Å². The highest BCUT2D eigenvalue weighted by Crippen LogP contribution is 2.69. The number of phenolic OH excluding ortho intramolecular Hbond substituents is 1. The number of hydrogen-bond acceptors (Lipinski definition) is 9. The molecular formula is C38H46O9. The van der Waals surface area contributed by atoms with Gasteiger partial charge in [0.1, 0.15) is 28.9 Å². The van der Waals surface area contributed by atoms with Crippen LogP contribution in [0.2, 0.25) is 0 Å². The summed E-state index contributed by atoms with van der Waals surface area (Å²) in [5.74, 6) is -5.82. The largest absolute Gasteiger partial charge is 0.508 e. The summed E-state index contributed by atoms with van der Waals surface area (Å²) in [6, 6.07) is 4.72. The summed E-state index contributed by atoms with van der Waals surface area (Å²) in [7, 11) is 0. The number of aliphatic hydroxyl groups is 3. The van der Waals surface area contributed by atoms with Crippen LogP contribution in [0.15, 0.2) is 35.1 Å². The Kier molecular flexibility index (Phi) is 6.85. The molecule has 0 saturated heterocycles. The minimum Gasteiger partial charge on any atom is -0.508 e. The van der Waals surface area contributed by atoms with E-state index in [1.54, 1.807) is 39.8 Å². The molecule has 4 N–H and O–H groups in total. The molecule has 5 saturated carbocycles. The lowest BCUT2D eigenvalue weighted by molar-refractivity contribution is -0.229.